The molecule has 2 aromatic heterocycles. The highest BCUT2D eigenvalue weighted by Crippen LogP contribution is 2.29. The quantitative estimate of drug-likeness (QED) is 0.738. The first-order valence-corrected chi connectivity index (χ1v) is 8.51. The van der Waals surface area contributed by atoms with Gasteiger partial charge in [-0.25, -0.2) is 0 Å². The number of rotatable bonds is 5. The Balaban J connectivity index is 1.64. The predicted molar refractivity (Wildman–Crippen MR) is 98.6 cm³/mol. The summed E-state index contributed by atoms with van der Waals surface area (Å²) in [7, 11) is 0. The first kappa shape index (κ1) is 15.5. The molecule has 1 aromatic carbocycles. The van der Waals surface area contributed by atoms with Crippen LogP contribution in [-0.4, -0.2) is 26.0 Å². The minimum Gasteiger partial charge on any atom is -0.351 e. The van der Waals surface area contributed by atoms with Crippen molar-refractivity contribution in [3.63, 3.8) is 0 Å². The van der Waals surface area contributed by atoms with Gasteiger partial charge >= 0.3 is 0 Å². The zero-order chi connectivity index (χ0) is 17.1. The van der Waals surface area contributed by atoms with Crippen LogP contribution in [0.4, 0.5) is 17.6 Å². The molecule has 0 spiro atoms. The number of anilines is 3. The van der Waals surface area contributed by atoms with E-state index in [0.717, 1.165) is 30.0 Å². The Bertz CT molecular complexity index is 831. The zero-order valence-corrected chi connectivity index (χ0v) is 14.1. The largest absolute Gasteiger partial charge is 0.351 e. The standard InChI is InChI=1S/C19H20N6/c1-13-11-16(12-13)22-19-24-17(14-5-3-2-4-6-14)23-18(25-19)21-15-7-9-20-10-8-15/h2-10,13,16H,11-12H2,1H3,(H2,20,21,22,23,24,25). The lowest BCUT2D eigenvalue weighted by Gasteiger charge is -2.33. The number of benzene rings is 1. The van der Waals surface area contributed by atoms with E-state index in [2.05, 4.69) is 37.5 Å². The van der Waals surface area contributed by atoms with Crippen molar-refractivity contribution < 1.29 is 0 Å². The highest BCUT2D eigenvalue weighted by molar-refractivity contribution is 5.60. The summed E-state index contributed by atoms with van der Waals surface area (Å²) in [6.45, 7) is 2.26. The van der Waals surface area contributed by atoms with Crippen molar-refractivity contribution in [3.8, 4) is 11.4 Å². The third-order valence-electron chi connectivity index (χ3n) is 4.31. The zero-order valence-electron chi connectivity index (χ0n) is 14.1. The van der Waals surface area contributed by atoms with Gasteiger partial charge in [0.05, 0.1) is 0 Å². The number of hydrogen-bond acceptors (Lipinski definition) is 6. The minimum atomic E-state index is 0.440. The lowest BCUT2D eigenvalue weighted by atomic mass is 9.82. The van der Waals surface area contributed by atoms with E-state index in [1.165, 1.54) is 0 Å². The van der Waals surface area contributed by atoms with Gasteiger partial charge < -0.3 is 10.6 Å². The van der Waals surface area contributed by atoms with Gasteiger partial charge in [-0.1, -0.05) is 37.3 Å². The molecular formula is C19H20N6. The topological polar surface area (TPSA) is 75.6 Å². The normalized spacial score (nSPS) is 19.1. The summed E-state index contributed by atoms with van der Waals surface area (Å²) in [4.78, 5) is 17.7. The van der Waals surface area contributed by atoms with Gasteiger partial charge in [-0.15, -0.1) is 0 Å². The smallest absolute Gasteiger partial charge is 0.232 e. The fraction of sp³-hybridized carbons (Fsp3) is 0.263. The van der Waals surface area contributed by atoms with Gasteiger partial charge in [-0.3, -0.25) is 4.98 Å². The molecule has 6 heteroatoms. The van der Waals surface area contributed by atoms with Gasteiger partial charge in [-0.2, -0.15) is 15.0 Å². The molecule has 2 heterocycles. The molecule has 0 amide bonds. The third kappa shape index (κ3) is 3.74. The van der Waals surface area contributed by atoms with Gasteiger partial charge in [0.1, 0.15) is 0 Å². The van der Waals surface area contributed by atoms with Crippen LogP contribution < -0.4 is 10.6 Å². The van der Waals surface area contributed by atoms with Crippen LogP contribution >= 0.6 is 0 Å². The Morgan fingerprint density at radius 1 is 0.880 bits per heavy atom. The Hall–Kier alpha value is -3.02. The lowest BCUT2D eigenvalue weighted by Crippen LogP contribution is -2.34. The van der Waals surface area contributed by atoms with E-state index in [9.17, 15) is 0 Å². The Labute approximate surface area is 146 Å². The molecule has 0 unspecified atom stereocenters. The maximum atomic E-state index is 4.61. The Morgan fingerprint density at radius 2 is 1.60 bits per heavy atom. The van der Waals surface area contributed by atoms with Gasteiger partial charge in [0.25, 0.3) is 0 Å². The summed E-state index contributed by atoms with van der Waals surface area (Å²) in [6.07, 6.45) is 5.77. The van der Waals surface area contributed by atoms with E-state index in [-0.39, 0.29) is 0 Å². The molecule has 0 bridgehead atoms. The van der Waals surface area contributed by atoms with Gasteiger partial charge in [-0.05, 0) is 30.9 Å². The number of aromatic nitrogens is 4. The fourth-order valence-electron chi connectivity index (χ4n) is 2.98. The highest BCUT2D eigenvalue weighted by atomic mass is 15.2. The van der Waals surface area contributed by atoms with E-state index in [1.54, 1.807) is 12.4 Å². The number of nitrogens with one attached hydrogen (secondary N) is 2. The molecule has 126 valence electrons. The second-order valence-electron chi connectivity index (χ2n) is 6.45. The van der Waals surface area contributed by atoms with E-state index >= 15 is 0 Å². The molecule has 25 heavy (non-hydrogen) atoms. The number of pyridine rings is 1. The van der Waals surface area contributed by atoms with Crippen molar-refractivity contribution in [1.82, 2.24) is 19.9 Å². The molecule has 0 aliphatic heterocycles. The molecule has 1 saturated carbocycles. The van der Waals surface area contributed by atoms with Gasteiger partial charge in [0.2, 0.25) is 11.9 Å². The molecule has 1 fully saturated rings. The summed E-state index contributed by atoms with van der Waals surface area (Å²) in [6, 6.07) is 14.2. The van der Waals surface area contributed by atoms with E-state index < -0.39 is 0 Å². The van der Waals surface area contributed by atoms with Crippen LogP contribution in [0.2, 0.25) is 0 Å². The van der Waals surface area contributed by atoms with Gasteiger partial charge in [0, 0.05) is 29.7 Å². The molecule has 0 atom stereocenters. The van der Waals surface area contributed by atoms with Crippen LogP contribution in [-0.2, 0) is 0 Å². The molecule has 4 rings (SSSR count). The summed E-state index contributed by atoms with van der Waals surface area (Å²) >= 11 is 0. The molecule has 1 aliphatic rings. The van der Waals surface area contributed by atoms with Crippen molar-refractivity contribution >= 4 is 17.6 Å². The van der Waals surface area contributed by atoms with Crippen molar-refractivity contribution in [1.29, 1.82) is 0 Å². The SMILES string of the molecule is CC1CC(Nc2nc(Nc3ccncc3)nc(-c3ccccc3)n2)C1. The van der Waals surface area contributed by atoms with Crippen LogP contribution in [0.25, 0.3) is 11.4 Å². The van der Waals surface area contributed by atoms with Crippen LogP contribution in [0.1, 0.15) is 19.8 Å². The van der Waals surface area contributed by atoms with E-state index in [4.69, 9.17) is 0 Å². The second-order valence-corrected chi connectivity index (χ2v) is 6.45. The summed E-state index contributed by atoms with van der Waals surface area (Å²) in [5.74, 6) is 2.56. The molecule has 0 radical (unpaired) electrons. The molecule has 2 N–H and O–H groups in total. The highest BCUT2D eigenvalue weighted by Gasteiger charge is 2.26. The van der Waals surface area contributed by atoms with Crippen LogP contribution in [0.5, 0.6) is 0 Å². The maximum absolute atomic E-state index is 4.61. The van der Waals surface area contributed by atoms with Crippen LogP contribution in [0.3, 0.4) is 0 Å². The Kier molecular flexibility index (Phi) is 4.24. The van der Waals surface area contributed by atoms with E-state index in [0.29, 0.717) is 23.8 Å². The van der Waals surface area contributed by atoms with Crippen molar-refractivity contribution in [3.05, 3.63) is 54.9 Å². The minimum absolute atomic E-state index is 0.440. The summed E-state index contributed by atoms with van der Waals surface area (Å²) in [5, 5.41) is 6.66. The van der Waals surface area contributed by atoms with Crippen molar-refractivity contribution in [2.45, 2.75) is 25.8 Å². The summed E-state index contributed by atoms with van der Waals surface area (Å²) in [5.41, 5.74) is 1.86. The van der Waals surface area contributed by atoms with Crippen LogP contribution in [0.15, 0.2) is 54.9 Å². The average Bonchev–Trinajstić information content (AvgIpc) is 2.62. The Morgan fingerprint density at radius 3 is 2.32 bits per heavy atom. The third-order valence-corrected chi connectivity index (χ3v) is 4.31. The first-order chi connectivity index (χ1) is 12.3. The average molecular weight is 332 g/mol. The monoisotopic (exact) mass is 332 g/mol. The molecule has 1 aliphatic carbocycles. The van der Waals surface area contributed by atoms with Crippen LogP contribution in [0, 0.1) is 5.92 Å². The maximum Gasteiger partial charge on any atom is 0.232 e. The van der Waals surface area contributed by atoms with Crippen molar-refractivity contribution in [2.75, 3.05) is 10.6 Å². The number of nitrogens with zero attached hydrogens (tertiary/aromatic N) is 4. The molecule has 3 aromatic rings. The molecule has 6 nitrogen and oxygen atoms in total. The lowest BCUT2D eigenvalue weighted by molar-refractivity contribution is 0.308. The number of hydrogen-bond donors (Lipinski definition) is 2. The molecule has 0 saturated heterocycles. The van der Waals surface area contributed by atoms with Crippen molar-refractivity contribution in [2.24, 2.45) is 5.92 Å². The fourth-order valence-corrected chi connectivity index (χ4v) is 2.98. The second kappa shape index (κ2) is 6.84. The molecular weight excluding hydrogens is 312 g/mol. The first-order valence-electron chi connectivity index (χ1n) is 8.51. The van der Waals surface area contributed by atoms with Gasteiger partial charge in [0.15, 0.2) is 5.82 Å². The predicted octanol–water partition coefficient (Wildman–Crippen LogP) is 3.89. The summed E-state index contributed by atoms with van der Waals surface area (Å²) < 4.78 is 0. The van der Waals surface area contributed by atoms with E-state index in [1.807, 2.05) is 42.5 Å².